The topological polar surface area (TPSA) is 74.5 Å². The minimum atomic E-state index is -4.84. The first-order valence-corrected chi connectivity index (χ1v) is 11.3. The van der Waals surface area contributed by atoms with Crippen molar-refractivity contribution in [2.75, 3.05) is 11.4 Å². The van der Waals surface area contributed by atoms with E-state index in [1.807, 2.05) is 31.9 Å². The van der Waals surface area contributed by atoms with Crippen molar-refractivity contribution >= 4 is 17.7 Å². The maximum atomic E-state index is 13.0. The summed E-state index contributed by atoms with van der Waals surface area (Å²) in [5, 5.41) is 8.88. The Kier molecular flexibility index (Phi) is 10.2. The molecule has 184 valence electrons. The molecule has 1 aliphatic rings. The standard InChI is InChI=1S/C25H32F3N5O/c1-5-7-9-10-21(34-25(26,27)28)19(4)16-20(29)24-23(32-12-8-6-2)18(3)11-15-33(24)22-17-30-13-14-31-22/h7,9-10,12-14,16-17,24,29H,5-6,8,11,15H2,1-4H3/b9-7-,19-16+,21-10+,29-20?,32-12?. The van der Waals surface area contributed by atoms with Crippen molar-refractivity contribution in [3.05, 3.63) is 65.5 Å². The molecular weight excluding hydrogens is 443 g/mol. The Balaban J connectivity index is 2.51. The third-order valence-electron chi connectivity index (χ3n) is 5.13. The Morgan fingerprint density at radius 3 is 2.71 bits per heavy atom. The van der Waals surface area contributed by atoms with E-state index in [1.165, 1.54) is 25.2 Å². The molecule has 9 heteroatoms. The summed E-state index contributed by atoms with van der Waals surface area (Å²) >= 11 is 0. The summed E-state index contributed by atoms with van der Waals surface area (Å²) in [7, 11) is 0. The summed E-state index contributed by atoms with van der Waals surface area (Å²) in [6, 6.07) is -0.619. The van der Waals surface area contributed by atoms with E-state index in [0.29, 0.717) is 24.5 Å². The van der Waals surface area contributed by atoms with Crippen molar-refractivity contribution in [3.8, 4) is 0 Å². The van der Waals surface area contributed by atoms with Gasteiger partial charge < -0.3 is 15.0 Å². The fourth-order valence-electron chi connectivity index (χ4n) is 3.45. The van der Waals surface area contributed by atoms with Gasteiger partial charge in [-0.1, -0.05) is 32.4 Å². The predicted octanol–water partition coefficient (Wildman–Crippen LogP) is 6.55. The zero-order valence-electron chi connectivity index (χ0n) is 20.1. The van der Waals surface area contributed by atoms with E-state index in [9.17, 15) is 13.2 Å². The molecule has 1 aromatic heterocycles. The summed E-state index contributed by atoms with van der Waals surface area (Å²) in [6.45, 7) is 7.98. The number of alkyl halides is 3. The number of allylic oxidation sites excluding steroid dienone is 4. The van der Waals surface area contributed by atoms with E-state index in [4.69, 9.17) is 5.41 Å². The van der Waals surface area contributed by atoms with Crippen LogP contribution in [0.15, 0.2) is 70.5 Å². The highest BCUT2D eigenvalue weighted by molar-refractivity contribution is 6.02. The zero-order chi connectivity index (χ0) is 25.1. The fourth-order valence-corrected chi connectivity index (χ4v) is 3.45. The average molecular weight is 476 g/mol. The number of ether oxygens (including phenoxy) is 1. The van der Waals surface area contributed by atoms with Crippen LogP contribution in [0.2, 0.25) is 0 Å². The van der Waals surface area contributed by atoms with Crippen LogP contribution in [0.1, 0.15) is 53.4 Å². The second-order valence-corrected chi connectivity index (χ2v) is 7.87. The lowest BCUT2D eigenvalue weighted by Gasteiger charge is -2.37. The molecule has 1 N–H and O–H groups in total. The van der Waals surface area contributed by atoms with Crippen LogP contribution in [-0.4, -0.2) is 40.8 Å². The minimum Gasteiger partial charge on any atom is -0.406 e. The van der Waals surface area contributed by atoms with E-state index in [2.05, 4.69) is 19.7 Å². The van der Waals surface area contributed by atoms with Gasteiger partial charge in [0.15, 0.2) is 0 Å². The average Bonchev–Trinajstić information content (AvgIpc) is 2.79. The molecule has 0 aliphatic carbocycles. The number of hydrogen-bond donors (Lipinski definition) is 1. The lowest BCUT2D eigenvalue weighted by atomic mass is 9.94. The van der Waals surface area contributed by atoms with Gasteiger partial charge in [-0.2, -0.15) is 0 Å². The molecule has 0 spiro atoms. The molecule has 1 atom stereocenters. The van der Waals surface area contributed by atoms with Crippen LogP contribution in [0.4, 0.5) is 19.0 Å². The van der Waals surface area contributed by atoms with Gasteiger partial charge in [0.2, 0.25) is 0 Å². The highest BCUT2D eigenvalue weighted by atomic mass is 19.4. The molecule has 0 saturated carbocycles. The number of halogens is 3. The Hall–Kier alpha value is -3.23. The number of anilines is 1. The van der Waals surface area contributed by atoms with Crippen LogP contribution in [0.5, 0.6) is 0 Å². The van der Waals surface area contributed by atoms with Crippen LogP contribution in [0.25, 0.3) is 0 Å². The molecular formula is C25H32F3N5O. The summed E-state index contributed by atoms with van der Waals surface area (Å²) in [6.07, 6.45) is 10.7. The third kappa shape index (κ3) is 7.97. The van der Waals surface area contributed by atoms with Gasteiger partial charge in [-0.05, 0) is 56.4 Å². The number of hydrogen-bond acceptors (Lipinski definition) is 6. The van der Waals surface area contributed by atoms with Crippen molar-refractivity contribution < 1.29 is 17.9 Å². The number of aliphatic imine (C=N–C) groups is 1. The van der Waals surface area contributed by atoms with Crippen LogP contribution in [-0.2, 0) is 4.74 Å². The molecule has 0 amide bonds. The Bertz CT molecular complexity index is 978. The van der Waals surface area contributed by atoms with E-state index in [-0.39, 0.29) is 17.0 Å². The van der Waals surface area contributed by atoms with Crippen molar-refractivity contribution in [3.63, 3.8) is 0 Å². The molecule has 1 aliphatic heterocycles. The van der Waals surface area contributed by atoms with Crippen molar-refractivity contribution in [2.45, 2.75) is 65.8 Å². The zero-order valence-corrected chi connectivity index (χ0v) is 20.1. The number of rotatable bonds is 10. The SMILES string of the molecule is CC\C=C/C=C(OC(F)(F)F)\C(C)=C\C(=N)C1C(N=CCCC)=C(C)CCN1c1cnccn1. The maximum Gasteiger partial charge on any atom is 0.573 e. The van der Waals surface area contributed by atoms with Crippen LogP contribution < -0.4 is 4.90 Å². The molecule has 0 bridgehead atoms. The first kappa shape index (κ1) is 27.0. The molecule has 0 aromatic carbocycles. The van der Waals surface area contributed by atoms with E-state index >= 15 is 0 Å². The molecule has 2 rings (SSSR count). The first-order valence-electron chi connectivity index (χ1n) is 11.3. The maximum absolute atomic E-state index is 13.0. The second-order valence-electron chi connectivity index (χ2n) is 7.87. The molecule has 0 fully saturated rings. The molecule has 2 heterocycles. The third-order valence-corrected chi connectivity index (χ3v) is 5.13. The quantitative estimate of drug-likeness (QED) is 0.236. The summed E-state index contributed by atoms with van der Waals surface area (Å²) in [4.78, 5) is 15.1. The lowest BCUT2D eigenvalue weighted by Crippen LogP contribution is -2.46. The highest BCUT2D eigenvalue weighted by Crippen LogP contribution is 2.31. The fraction of sp³-hybridized carbons (Fsp3) is 0.440. The summed E-state index contributed by atoms with van der Waals surface area (Å²) in [5.74, 6) is 0.215. The van der Waals surface area contributed by atoms with E-state index < -0.39 is 12.4 Å². The highest BCUT2D eigenvalue weighted by Gasteiger charge is 2.34. The lowest BCUT2D eigenvalue weighted by molar-refractivity contribution is -0.303. The molecule has 6 nitrogen and oxygen atoms in total. The van der Waals surface area contributed by atoms with Gasteiger partial charge >= 0.3 is 6.36 Å². The molecule has 1 aromatic rings. The molecule has 34 heavy (non-hydrogen) atoms. The largest absolute Gasteiger partial charge is 0.573 e. The first-order chi connectivity index (χ1) is 16.2. The van der Waals surface area contributed by atoms with Gasteiger partial charge in [-0.15, -0.1) is 13.2 Å². The van der Waals surface area contributed by atoms with Gasteiger partial charge in [-0.25, -0.2) is 4.98 Å². The molecule has 0 radical (unpaired) electrons. The molecule has 1 unspecified atom stereocenters. The van der Waals surface area contributed by atoms with Gasteiger partial charge in [0.25, 0.3) is 0 Å². The normalized spacial score (nSPS) is 18.3. The van der Waals surface area contributed by atoms with E-state index in [1.54, 1.807) is 24.7 Å². The van der Waals surface area contributed by atoms with Gasteiger partial charge in [0.05, 0.1) is 17.6 Å². The van der Waals surface area contributed by atoms with Crippen LogP contribution >= 0.6 is 0 Å². The van der Waals surface area contributed by atoms with Gasteiger partial charge in [0.1, 0.15) is 17.6 Å². The Morgan fingerprint density at radius 2 is 2.09 bits per heavy atom. The minimum absolute atomic E-state index is 0.0852. The Morgan fingerprint density at radius 1 is 1.32 bits per heavy atom. The number of nitrogens with one attached hydrogen (secondary N) is 1. The van der Waals surface area contributed by atoms with Gasteiger partial charge in [-0.3, -0.25) is 9.98 Å². The molecule has 0 saturated heterocycles. The van der Waals surface area contributed by atoms with Crippen LogP contribution in [0, 0.1) is 5.41 Å². The number of unbranched alkanes of at least 4 members (excludes halogenated alkanes) is 1. The smallest absolute Gasteiger partial charge is 0.406 e. The van der Waals surface area contributed by atoms with Crippen molar-refractivity contribution in [1.82, 2.24) is 9.97 Å². The Labute approximate surface area is 199 Å². The second kappa shape index (κ2) is 12.9. The van der Waals surface area contributed by atoms with E-state index in [0.717, 1.165) is 24.8 Å². The van der Waals surface area contributed by atoms with Crippen molar-refractivity contribution in [2.24, 2.45) is 4.99 Å². The van der Waals surface area contributed by atoms with Crippen LogP contribution in [0.3, 0.4) is 0 Å². The van der Waals surface area contributed by atoms with Gasteiger partial charge in [0, 0.05) is 25.2 Å². The van der Waals surface area contributed by atoms with Crippen molar-refractivity contribution in [1.29, 1.82) is 5.41 Å². The summed E-state index contributed by atoms with van der Waals surface area (Å²) < 4.78 is 43.3. The monoisotopic (exact) mass is 475 g/mol. The summed E-state index contributed by atoms with van der Waals surface area (Å²) in [5.41, 5.74) is 2.00. The number of aromatic nitrogens is 2. The predicted molar refractivity (Wildman–Crippen MR) is 130 cm³/mol. The number of nitrogens with zero attached hydrogens (tertiary/aromatic N) is 4.